The number of aldehydes is 1. The fourth-order valence-corrected chi connectivity index (χ4v) is 6.57. The third-order valence-corrected chi connectivity index (χ3v) is 8.03. The molecule has 26 heavy (non-hydrogen) atoms. The highest BCUT2D eigenvalue weighted by Crippen LogP contribution is 2.08. The topological polar surface area (TPSA) is 38.3 Å². The van der Waals surface area contributed by atoms with Crippen LogP contribution in [0.15, 0.2) is 103 Å². The third kappa shape index (κ3) is 3.82. The summed E-state index contributed by atoms with van der Waals surface area (Å²) in [5.41, 5.74) is 2.98. The molecule has 0 saturated carbocycles. The van der Waals surface area contributed by atoms with E-state index in [0.29, 0.717) is 6.42 Å². The Balaban J connectivity index is 2.13. The summed E-state index contributed by atoms with van der Waals surface area (Å²) in [5, 5.41) is 3.44. The second-order valence-corrected chi connectivity index (χ2v) is 9.10. The van der Waals surface area contributed by atoms with Gasteiger partial charge in [0, 0.05) is 12.6 Å². The van der Waals surface area contributed by atoms with Crippen LogP contribution in [0.2, 0.25) is 0 Å². The molecule has 3 aromatic carbocycles. The largest absolute Gasteiger partial charge is 0.321 e. The predicted molar refractivity (Wildman–Crippen MR) is 108 cm³/mol. The van der Waals surface area contributed by atoms with Crippen molar-refractivity contribution in [3.8, 4) is 0 Å². The first-order valence-corrected chi connectivity index (χ1v) is 10.5. The first kappa shape index (κ1) is 17.9. The van der Waals surface area contributed by atoms with Gasteiger partial charge in [0.1, 0.15) is 6.29 Å². The fourth-order valence-electron chi connectivity index (χ4n) is 2.99. The Labute approximate surface area is 155 Å². The van der Waals surface area contributed by atoms with Crippen LogP contribution in [0.4, 0.5) is 0 Å². The zero-order chi connectivity index (χ0) is 18.1. The molecule has 3 aromatic rings. The molecule has 0 saturated heterocycles. The van der Waals surface area contributed by atoms with Gasteiger partial charge in [-0.1, -0.05) is 97.1 Å². The van der Waals surface area contributed by atoms with E-state index in [1.54, 1.807) is 12.3 Å². The molecule has 0 spiro atoms. The molecule has 0 bridgehead atoms. The van der Waals surface area contributed by atoms with Crippen LogP contribution in [-0.4, -0.2) is 14.6 Å². The highest BCUT2D eigenvalue weighted by molar-refractivity contribution is 7.07. The van der Waals surface area contributed by atoms with E-state index in [1.165, 1.54) is 0 Å². The van der Waals surface area contributed by atoms with E-state index in [9.17, 15) is 4.79 Å². The number of hydrogen-bond acceptors (Lipinski definition) is 3. The molecule has 130 valence electrons. The Hall–Kier alpha value is -2.95. The molecule has 0 atom stereocenters. The van der Waals surface area contributed by atoms with E-state index in [2.05, 4.69) is 41.9 Å². The van der Waals surface area contributed by atoms with Crippen molar-refractivity contribution in [1.82, 2.24) is 5.48 Å². The molecule has 0 radical (unpaired) electrons. The maximum absolute atomic E-state index is 10.5. The van der Waals surface area contributed by atoms with Crippen LogP contribution in [0.1, 0.15) is 6.42 Å². The van der Waals surface area contributed by atoms with E-state index in [0.717, 1.165) is 21.8 Å². The van der Waals surface area contributed by atoms with Crippen LogP contribution in [-0.2, 0) is 9.32 Å². The number of carbonyl (C=O) groups excluding carboxylic acids is 1. The molecule has 0 fully saturated rings. The summed E-state index contributed by atoms with van der Waals surface area (Å²) in [7, 11) is -2.73. The minimum atomic E-state index is -2.73. The van der Waals surface area contributed by atoms with E-state index >= 15 is 0 Å². The van der Waals surface area contributed by atoms with Crippen LogP contribution >= 0.6 is 0 Å². The lowest BCUT2D eigenvalue weighted by atomic mass is 10.3. The molecule has 0 aliphatic rings. The van der Waals surface area contributed by atoms with Gasteiger partial charge in [-0.3, -0.25) is 5.48 Å². The summed E-state index contributed by atoms with van der Waals surface area (Å²) in [6, 6.07) is 30.9. The summed E-state index contributed by atoms with van der Waals surface area (Å²) >= 11 is 0. The quantitative estimate of drug-likeness (QED) is 0.290. The van der Waals surface area contributed by atoms with Gasteiger partial charge in [-0.15, -0.1) is 0 Å². The number of nitrogens with one attached hydrogen (secondary N) is 1. The number of benzene rings is 3. The molecular weight excluding hydrogens is 338 g/mol. The maximum Gasteiger partial charge on any atom is 0.321 e. The first-order chi connectivity index (χ1) is 12.9. The molecular formula is C22H21NO2Si. The summed E-state index contributed by atoms with van der Waals surface area (Å²) in [5.74, 6) is 0. The van der Waals surface area contributed by atoms with Crippen LogP contribution in [0.25, 0.3) is 0 Å². The Kier molecular flexibility index (Phi) is 6.14. The second kappa shape index (κ2) is 8.94. The van der Waals surface area contributed by atoms with Crippen molar-refractivity contribution in [3.05, 3.63) is 103 Å². The fraction of sp³-hybridized carbons (Fsp3) is 0.0455. The summed E-state index contributed by atoms with van der Waals surface area (Å²) in [6.07, 6.45) is 4.64. The van der Waals surface area contributed by atoms with Gasteiger partial charge in [0.15, 0.2) is 0 Å². The molecule has 1 N–H and O–H groups in total. The van der Waals surface area contributed by atoms with Gasteiger partial charge in [0.05, 0.1) is 0 Å². The molecule has 0 amide bonds. The van der Waals surface area contributed by atoms with Gasteiger partial charge in [-0.2, -0.15) is 0 Å². The molecule has 0 aliphatic heterocycles. The van der Waals surface area contributed by atoms with Crippen LogP contribution in [0.3, 0.4) is 0 Å². The number of rotatable bonds is 8. The van der Waals surface area contributed by atoms with Crippen molar-refractivity contribution < 1.29 is 9.32 Å². The summed E-state index contributed by atoms with van der Waals surface area (Å²) < 4.78 is 6.42. The van der Waals surface area contributed by atoms with Crippen LogP contribution in [0, 0.1) is 0 Å². The number of hydroxylamine groups is 1. The Morgan fingerprint density at radius 3 is 1.54 bits per heavy atom. The Morgan fingerprint density at radius 1 is 0.731 bits per heavy atom. The molecule has 3 nitrogen and oxygen atoms in total. The highest BCUT2D eigenvalue weighted by atomic mass is 28.4. The van der Waals surface area contributed by atoms with E-state index in [-0.39, 0.29) is 0 Å². The highest BCUT2D eigenvalue weighted by Gasteiger charge is 2.42. The predicted octanol–water partition coefficient (Wildman–Crippen LogP) is 2.28. The molecule has 0 unspecified atom stereocenters. The lowest BCUT2D eigenvalue weighted by Gasteiger charge is -2.32. The van der Waals surface area contributed by atoms with Gasteiger partial charge in [-0.25, -0.2) is 0 Å². The second-order valence-electron chi connectivity index (χ2n) is 5.80. The first-order valence-electron chi connectivity index (χ1n) is 8.56. The molecule has 0 heterocycles. The van der Waals surface area contributed by atoms with Gasteiger partial charge < -0.3 is 9.32 Å². The lowest BCUT2D eigenvalue weighted by molar-refractivity contribution is -0.107. The standard InChI is InChI=1S/C22H21NO2Si/c24-19-11-10-18-23-25-26(20-12-4-1-5-13-20,21-14-6-2-7-15-21)22-16-8-3-9-17-22/h1-10,12-19,23H,11H2. The molecule has 0 aromatic heterocycles. The van der Waals surface area contributed by atoms with E-state index < -0.39 is 8.32 Å². The minimum absolute atomic E-state index is 0.354. The Bertz CT molecular complexity index is 739. The van der Waals surface area contributed by atoms with Crippen LogP contribution in [0.5, 0.6) is 0 Å². The zero-order valence-electron chi connectivity index (χ0n) is 14.4. The summed E-state index contributed by atoms with van der Waals surface area (Å²) in [4.78, 5) is 10.5. The monoisotopic (exact) mass is 359 g/mol. The average Bonchev–Trinajstić information content (AvgIpc) is 2.73. The molecule has 4 heteroatoms. The number of allylic oxidation sites excluding steroid dienone is 1. The van der Waals surface area contributed by atoms with Crippen molar-refractivity contribution in [2.75, 3.05) is 0 Å². The molecule has 0 aliphatic carbocycles. The van der Waals surface area contributed by atoms with Gasteiger partial charge in [0.2, 0.25) is 0 Å². The van der Waals surface area contributed by atoms with E-state index in [1.807, 2.05) is 54.6 Å². The van der Waals surface area contributed by atoms with E-state index in [4.69, 9.17) is 4.53 Å². The SMILES string of the molecule is O=CCC=CNO[Si](c1ccccc1)(c1ccccc1)c1ccccc1. The van der Waals surface area contributed by atoms with Gasteiger partial charge >= 0.3 is 8.32 Å². The van der Waals surface area contributed by atoms with Gasteiger partial charge in [-0.05, 0) is 15.6 Å². The Morgan fingerprint density at radius 2 is 1.15 bits per heavy atom. The van der Waals surface area contributed by atoms with Crippen molar-refractivity contribution in [2.24, 2.45) is 0 Å². The van der Waals surface area contributed by atoms with Crippen molar-refractivity contribution in [2.45, 2.75) is 6.42 Å². The minimum Gasteiger partial charge on any atom is -0.306 e. The average molecular weight is 360 g/mol. The van der Waals surface area contributed by atoms with Gasteiger partial charge in [0.25, 0.3) is 0 Å². The van der Waals surface area contributed by atoms with Crippen molar-refractivity contribution in [3.63, 3.8) is 0 Å². The smallest absolute Gasteiger partial charge is 0.306 e. The number of carbonyl (C=O) groups is 1. The zero-order valence-corrected chi connectivity index (χ0v) is 15.4. The van der Waals surface area contributed by atoms with Crippen molar-refractivity contribution >= 4 is 30.2 Å². The molecule has 3 rings (SSSR count). The number of hydrogen-bond donors (Lipinski definition) is 1. The lowest BCUT2D eigenvalue weighted by Crippen LogP contribution is -2.70. The maximum atomic E-state index is 10.5. The third-order valence-electron chi connectivity index (χ3n) is 4.17. The van der Waals surface area contributed by atoms with Crippen molar-refractivity contribution in [1.29, 1.82) is 0 Å². The summed E-state index contributed by atoms with van der Waals surface area (Å²) in [6.45, 7) is 0. The normalized spacial score (nSPS) is 11.4. The van der Waals surface area contributed by atoms with Crippen LogP contribution < -0.4 is 21.0 Å².